The molecular weight excluding hydrogens is 412 g/mol. The highest BCUT2D eigenvalue weighted by Gasteiger charge is 2.21. The molecule has 0 fully saturated rings. The summed E-state index contributed by atoms with van der Waals surface area (Å²) in [6.45, 7) is 0. The molecule has 0 radical (unpaired) electrons. The molecule has 0 aliphatic carbocycles. The van der Waals surface area contributed by atoms with Crippen LogP contribution in [0.15, 0.2) is 78.4 Å². The van der Waals surface area contributed by atoms with Gasteiger partial charge < -0.3 is 19.4 Å². The molecule has 1 amide bonds. The predicted octanol–water partition coefficient (Wildman–Crippen LogP) is 5.25. The topological polar surface area (TPSA) is 69.6 Å². The highest BCUT2D eigenvalue weighted by Crippen LogP contribution is 2.36. The van der Waals surface area contributed by atoms with Crippen molar-refractivity contribution in [2.75, 3.05) is 19.5 Å². The Balaban J connectivity index is 1.67. The number of hydrogen-bond acceptors (Lipinski definition) is 5. The molecule has 4 rings (SSSR count). The zero-order chi connectivity index (χ0) is 21.8. The molecule has 0 aliphatic heterocycles. The molecule has 6 nitrogen and oxygen atoms in total. The van der Waals surface area contributed by atoms with Gasteiger partial charge in [-0.05, 0) is 54.1 Å². The lowest BCUT2D eigenvalue weighted by Gasteiger charge is -2.11. The first-order valence-electron chi connectivity index (χ1n) is 9.49. The highest BCUT2D eigenvalue weighted by atomic mass is 32.1. The second-order valence-electron chi connectivity index (χ2n) is 6.67. The molecule has 2 heterocycles. The molecule has 0 spiro atoms. The zero-order valence-electron chi connectivity index (χ0n) is 17.0. The van der Waals surface area contributed by atoms with Crippen LogP contribution >= 0.6 is 11.3 Å². The third-order valence-corrected chi connectivity index (χ3v) is 5.77. The van der Waals surface area contributed by atoms with E-state index in [1.54, 1.807) is 31.4 Å². The van der Waals surface area contributed by atoms with Crippen LogP contribution in [0.2, 0.25) is 0 Å². The van der Waals surface area contributed by atoms with Crippen molar-refractivity contribution >= 4 is 28.9 Å². The second-order valence-corrected chi connectivity index (χ2v) is 7.55. The van der Waals surface area contributed by atoms with Crippen LogP contribution in [0.1, 0.15) is 20.0 Å². The van der Waals surface area contributed by atoms with Crippen LogP contribution in [-0.2, 0) is 4.74 Å². The molecule has 0 aliphatic rings. The number of ether oxygens (including phenoxy) is 2. The van der Waals surface area contributed by atoms with Crippen molar-refractivity contribution in [3.63, 3.8) is 0 Å². The molecule has 0 unspecified atom stereocenters. The van der Waals surface area contributed by atoms with E-state index in [2.05, 4.69) is 5.32 Å². The van der Waals surface area contributed by atoms with E-state index in [9.17, 15) is 9.59 Å². The summed E-state index contributed by atoms with van der Waals surface area (Å²) in [7, 11) is 2.96. The summed E-state index contributed by atoms with van der Waals surface area (Å²) < 4.78 is 11.9. The summed E-state index contributed by atoms with van der Waals surface area (Å²) in [4.78, 5) is 25.3. The second kappa shape index (κ2) is 8.89. The summed E-state index contributed by atoms with van der Waals surface area (Å²) >= 11 is 1.38. The van der Waals surface area contributed by atoms with Gasteiger partial charge in [0.2, 0.25) is 0 Å². The number of amides is 1. The Morgan fingerprint density at radius 2 is 1.61 bits per heavy atom. The van der Waals surface area contributed by atoms with Crippen molar-refractivity contribution in [2.45, 2.75) is 0 Å². The van der Waals surface area contributed by atoms with E-state index >= 15 is 0 Å². The number of anilines is 1. The van der Waals surface area contributed by atoms with Gasteiger partial charge in [-0.15, -0.1) is 11.3 Å². The number of nitrogens with one attached hydrogen (secondary N) is 1. The fourth-order valence-electron chi connectivity index (χ4n) is 3.22. The molecule has 0 saturated heterocycles. The van der Waals surface area contributed by atoms with Crippen molar-refractivity contribution in [3.05, 3.63) is 88.9 Å². The van der Waals surface area contributed by atoms with Crippen molar-refractivity contribution in [3.8, 4) is 22.6 Å². The fourth-order valence-corrected chi connectivity index (χ4v) is 4.19. The van der Waals surface area contributed by atoms with Gasteiger partial charge in [-0.2, -0.15) is 0 Å². The lowest BCUT2D eigenvalue weighted by Crippen LogP contribution is -2.13. The van der Waals surface area contributed by atoms with Crippen LogP contribution < -0.4 is 10.1 Å². The van der Waals surface area contributed by atoms with Crippen LogP contribution in [0.25, 0.3) is 16.8 Å². The average Bonchev–Trinajstić information content (AvgIpc) is 3.49. The third kappa shape index (κ3) is 4.22. The molecule has 0 atom stereocenters. The van der Waals surface area contributed by atoms with Crippen molar-refractivity contribution in [1.82, 2.24) is 4.57 Å². The third-order valence-electron chi connectivity index (χ3n) is 4.80. The van der Waals surface area contributed by atoms with Gasteiger partial charge in [-0.1, -0.05) is 12.1 Å². The van der Waals surface area contributed by atoms with Gasteiger partial charge >= 0.3 is 5.97 Å². The number of thiophene rings is 1. The number of carbonyl (C=O) groups excluding carboxylic acids is 2. The number of esters is 1. The lowest BCUT2D eigenvalue weighted by atomic mass is 10.1. The Morgan fingerprint density at radius 3 is 2.23 bits per heavy atom. The van der Waals surface area contributed by atoms with Crippen LogP contribution in [0.5, 0.6) is 5.75 Å². The maximum Gasteiger partial charge on any atom is 0.337 e. The number of hydrogen-bond donors (Lipinski definition) is 1. The van der Waals surface area contributed by atoms with Gasteiger partial charge in [0.1, 0.15) is 10.6 Å². The van der Waals surface area contributed by atoms with Crippen molar-refractivity contribution in [2.24, 2.45) is 0 Å². The molecule has 4 aromatic rings. The SMILES string of the molecule is COC(=O)c1ccc(NC(=O)c2scc(-c3ccc(OC)cc3)c2-n2cccc2)cc1. The molecule has 2 aromatic carbocycles. The van der Waals surface area contributed by atoms with E-state index in [1.807, 2.05) is 58.7 Å². The minimum atomic E-state index is -0.421. The van der Waals surface area contributed by atoms with Crippen LogP contribution in [-0.4, -0.2) is 30.7 Å². The predicted molar refractivity (Wildman–Crippen MR) is 121 cm³/mol. The quantitative estimate of drug-likeness (QED) is 0.422. The zero-order valence-corrected chi connectivity index (χ0v) is 17.8. The van der Waals surface area contributed by atoms with Crippen LogP contribution in [0.4, 0.5) is 5.69 Å². The Bertz CT molecular complexity index is 1190. The fraction of sp³-hybridized carbons (Fsp3) is 0.0833. The minimum Gasteiger partial charge on any atom is -0.497 e. The van der Waals surface area contributed by atoms with Crippen LogP contribution in [0, 0.1) is 0 Å². The average molecular weight is 433 g/mol. The summed E-state index contributed by atoms with van der Waals surface area (Å²) in [5.41, 5.74) is 3.77. The van der Waals surface area contributed by atoms with Gasteiger partial charge in [0, 0.05) is 29.0 Å². The summed E-state index contributed by atoms with van der Waals surface area (Å²) in [6.07, 6.45) is 3.83. The van der Waals surface area contributed by atoms with E-state index in [4.69, 9.17) is 9.47 Å². The monoisotopic (exact) mass is 432 g/mol. The maximum atomic E-state index is 13.1. The summed E-state index contributed by atoms with van der Waals surface area (Å²) in [5, 5.41) is 4.89. The number of nitrogens with zero attached hydrogens (tertiary/aromatic N) is 1. The summed E-state index contributed by atoms with van der Waals surface area (Å²) in [5.74, 6) is 0.129. The first-order chi connectivity index (χ1) is 15.1. The standard InChI is InChI=1S/C24H20N2O4S/c1-29-19-11-7-16(8-12-19)20-15-31-22(21(20)26-13-3-4-14-26)23(27)25-18-9-5-17(6-10-18)24(28)30-2/h3-15H,1-2H3,(H,25,27). The largest absolute Gasteiger partial charge is 0.497 e. The van der Waals surface area contributed by atoms with Crippen molar-refractivity contribution in [1.29, 1.82) is 0 Å². The number of methoxy groups -OCH3 is 2. The van der Waals surface area contributed by atoms with E-state index < -0.39 is 5.97 Å². The molecule has 156 valence electrons. The van der Waals surface area contributed by atoms with Crippen LogP contribution in [0.3, 0.4) is 0 Å². The number of aromatic nitrogens is 1. The maximum absolute atomic E-state index is 13.1. The van der Waals surface area contributed by atoms with Gasteiger partial charge in [-0.25, -0.2) is 4.79 Å². The Labute approximate surface area is 183 Å². The minimum absolute atomic E-state index is 0.223. The Morgan fingerprint density at radius 1 is 0.935 bits per heavy atom. The molecule has 31 heavy (non-hydrogen) atoms. The van der Waals surface area contributed by atoms with E-state index in [0.29, 0.717) is 16.1 Å². The highest BCUT2D eigenvalue weighted by molar-refractivity contribution is 7.13. The number of rotatable bonds is 6. The van der Waals surface area contributed by atoms with E-state index in [1.165, 1.54) is 18.4 Å². The first kappa shape index (κ1) is 20.4. The molecule has 7 heteroatoms. The molecule has 1 N–H and O–H groups in total. The number of benzene rings is 2. The van der Waals surface area contributed by atoms with Crippen molar-refractivity contribution < 1.29 is 19.1 Å². The van der Waals surface area contributed by atoms with E-state index in [-0.39, 0.29) is 5.91 Å². The smallest absolute Gasteiger partial charge is 0.337 e. The molecule has 2 aromatic heterocycles. The Kier molecular flexibility index (Phi) is 5.86. The van der Waals surface area contributed by atoms with Gasteiger partial charge in [0.05, 0.1) is 25.5 Å². The van der Waals surface area contributed by atoms with Gasteiger partial charge in [-0.3, -0.25) is 4.79 Å². The normalized spacial score (nSPS) is 10.5. The van der Waals surface area contributed by atoms with E-state index in [0.717, 1.165) is 22.6 Å². The molecule has 0 bridgehead atoms. The summed E-state index contributed by atoms with van der Waals surface area (Å²) in [6, 6.07) is 18.2. The molecular formula is C24H20N2O4S. The Hall–Kier alpha value is -3.84. The van der Waals surface area contributed by atoms with Gasteiger partial charge in [0.25, 0.3) is 5.91 Å². The number of carbonyl (C=O) groups is 2. The van der Waals surface area contributed by atoms with Gasteiger partial charge in [0.15, 0.2) is 0 Å². The lowest BCUT2D eigenvalue weighted by molar-refractivity contribution is 0.0600. The first-order valence-corrected chi connectivity index (χ1v) is 10.4. The molecule has 0 saturated carbocycles.